The average Bonchev–Trinajstić information content (AvgIpc) is 2.71. The van der Waals surface area contributed by atoms with E-state index >= 15 is 0 Å². The maximum atomic E-state index is 5.42. The fourth-order valence-electron chi connectivity index (χ4n) is 1.54. The van der Waals surface area contributed by atoms with Crippen LogP contribution in [-0.2, 0) is 4.74 Å². The van der Waals surface area contributed by atoms with Gasteiger partial charge in [0.2, 0.25) is 0 Å². The van der Waals surface area contributed by atoms with Crippen molar-refractivity contribution in [2.24, 2.45) is 0 Å². The van der Waals surface area contributed by atoms with Gasteiger partial charge < -0.3 is 4.74 Å². The highest BCUT2D eigenvalue weighted by Gasteiger charge is 2.49. The molecule has 0 bridgehead atoms. The van der Waals surface area contributed by atoms with Crippen molar-refractivity contribution in [3.05, 3.63) is 0 Å². The Balaban J connectivity index is 2.01. The Kier molecular flexibility index (Phi) is 1.66. The predicted molar refractivity (Wildman–Crippen MR) is 43.0 cm³/mol. The van der Waals surface area contributed by atoms with E-state index < -0.39 is 0 Å². The van der Waals surface area contributed by atoms with Gasteiger partial charge in [-0.3, -0.25) is 0 Å². The second-order valence-electron chi connectivity index (χ2n) is 3.06. The number of hydrogen-bond acceptors (Lipinski definition) is 3. The van der Waals surface area contributed by atoms with Gasteiger partial charge in [-0.2, -0.15) is 0 Å². The first-order valence-corrected chi connectivity index (χ1v) is 4.95. The molecular weight excluding hydrogens is 146 g/mol. The summed E-state index contributed by atoms with van der Waals surface area (Å²) in [7, 11) is 0. The van der Waals surface area contributed by atoms with Crippen molar-refractivity contribution in [2.45, 2.75) is 18.4 Å². The molecule has 0 amide bonds. The fourth-order valence-corrected chi connectivity index (χ4v) is 2.42. The Hall–Kier alpha value is 0.270. The summed E-state index contributed by atoms with van der Waals surface area (Å²) in [6.45, 7) is 3.00. The zero-order valence-electron chi connectivity index (χ0n) is 6.30. The molecule has 1 heterocycles. The normalized spacial score (nSPS) is 30.9. The molecule has 1 aliphatic carbocycles. The maximum absolute atomic E-state index is 5.42. The molecule has 2 nitrogen and oxygen atoms in total. The van der Waals surface area contributed by atoms with Crippen molar-refractivity contribution in [1.82, 2.24) is 4.31 Å². The summed E-state index contributed by atoms with van der Waals surface area (Å²) < 4.78 is 7.91. The molecule has 0 unspecified atom stereocenters. The van der Waals surface area contributed by atoms with Crippen LogP contribution in [0.15, 0.2) is 0 Å². The first-order valence-electron chi connectivity index (χ1n) is 3.77. The lowest BCUT2D eigenvalue weighted by atomic mass is 10.2. The van der Waals surface area contributed by atoms with Crippen molar-refractivity contribution in [3.8, 4) is 0 Å². The summed E-state index contributed by atoms with van der Waals surface area (Å²) in [5, 5.41) is 0. The van der Waals surface area contributed by atoms with Crippen LogP contribution in [0.1, 0.15) is 12.8 Å². The molecule has 0 aromatic rings. The zero-order chi connectivity index (χ0) is 7.03. The molecule has 1 saturated carbocycles. The predicted octanol–water partition coefficient (Wildman–Crippen LogP) is 1.13. The summed E-state index contributed by atoms with van der Waals surface area (Å²) >= 11 is 1.87. The van der Waals surface area contributed by atoms with Gasteiger partial charge in [0.25, 0.3) is 0 Å². The smallest absolute Gasteiger partial charge is 0.0660 e. The highest BCUT2D eigenvalue weighted by Crippen LogP contribution is 2.46. The van der Waals surface area contributed by atoms with Gasteiger partial charge in [0, 0.05) is 6.54 Å². The molecule has 0 aromatic carbocycles. The Labute approximate surface area is 66.0 Å². The molecule has 1 aliphatic heterocycles. The highest BCUT2D eigenvalue weighted by molar-refractivity contribution is 7.96. The molecule has 2 rings (SSSR count). The van der Waals surface area contributed by atoms with E-state index in [2.05, 4.69) is 10.6 Å². The third-order valence-corrected chi connectivity index (χ3v) is 3.40. The maximum Gasteiger partial charge on any atom is 0.0660 e. The molecule has 10 heavy (non-hydrogen) atoms. The standard InChI is InChI=1S/C7H13NOS/c1-10-8-4-5-9-6-7(8)2-3-7/h2-6H2,1H3. The number of morpholine rings is 1. The van der Waals surface area contributed by atoms with E-state index in [-0.39, 0.29) is 0 Å². The van der Waals surface area contributed by atoms with Gasteiger partial charge in [0.05, 0.1) is 18.8 Å². The second kappa shape index (κ2) is 2.40. The van der Waals surface area contributed by atoms with Gasteiger partial charge in [-0.05, 0) is 19.1 Å². The van der Waals surface area contributed by atoms with Crippen LogP contribution in [0.2, 0.25) is 0 Å². The number of ether oxygens (including phenoxy) is 1. The van der Waals surface area contributed by atoms with Crippen molar-refractivity contribution < 1.29 is 4.74 Å². The molecule has 0 atom stereocenters. The van der Waals surface area contributed by atoms with Gasteiger partial charge in [-0.25, -0.2) is 4.31 Å². The lowest BCUT2D eigenvalue weighted by Crippen LogP contribution is -2.42. The van der Waals surface area contributed by atoms with Crippen LogP contribution in [0.25, 0.3) is 0 Å². The quantitative estimate of drug-likeness (QED) is 0.532. The Bertz CT molecular complexity index is 136. The number of nitrogens with zero attached hydrogens (tertiary/aromatic N) is 1. The summed E-state index contributed by atoms with van der Waals surface area (Å²) in [6.07, 6.45) is 4.84. The Morgan fingerprint density at radius 2 is 2.30 bits per heavy atom. The fraction of sp³-hybridized carbons (Fsp3) is 1.00. The van der Waals surface area contributed by atoms with Crippen LogP contribution in [0, 0.1) is 0 Å². The topological polar surface area (TPSA) is 12.5 Å². The van der Waals surface area contributed by atoms with E-state index in [0.29, 0.717) is 5.54 Å². The van der Waals surface area contributed by atoms with Crippen LogP contribution in [0.3, 0.4) is 0 Å². The van der Waals surface area contributed by atoms with Crippen LogP contribution in [0.5, 0.6) is 0 Å². The molecule has 2 fully saturated rings. The second-order valence-corrected chi connectivity index (χ2v) is 3.87. The van der Waals surface area contributed by atoms with Crippen molar-refractivity contribution in [2.75, 3.05) is 26.0 Å². The van der Waals surface area contributed by atoms with Crippen LogP contribution in [0.4, 0.5) is 0 Å². The molecule has 0 radical (unpaired) electrons. The average molecular weight is 159 g/mol. The van der Waals surface area contributed by atoms with Gasteiger partial charge >= 0.3 is 0 Å². The Morgan fingerprint density at radius 3 is 2.80 bits per heavy atom. The summed E-state index contributed by atoms with van der Waals surface area (Å²) in [5.74, 6) is 0. The third-order valence-electron chi connectivity index (χ3n) is 2.39. The lowest BCUT2D eigenvalue weighted by molar-refractivity contribution is 0.0265. The molecule has 0 N–H and O–H groups in total. The summed E-state index contributed by atoms with van der Waals surface area (Å²) in [5.41, 5.74) is 0.470. The number of rotatable bonds is 1. The van der Waals surface area contributed by atoms with Crippen LogP contribution in [-0.4, -0.2) is 35.9 Å². The van der Waals surface area contributed by atoms with Crippen molar-refractivity contribution >= 4 is 11.9 Å². The largest absolute Gasteiger partial charge is 0.378 e. The van der Waals surface area contributed by atoms with E-state index in [0.717, 1.165) is 19.8 Å². The molecule has 2 aliphatic rings. The minimum absolute atomic E-state index is 0.470. The molecule has 0 aromatic heterocycles. The van der Waals surface area contributed by atoms with E-state index in [4.69, 9.17) is 4.74 Å². The Morgan fingerprint density at radius 1 is 1.50 bits per heavy atom. The molecule has 1 spiro atoms. The first-order chi connectivity index (χ1) is 4.87. The van der Waals surface area contributed by atoms with Crippen molar-refractivity contribution in [1.29, 1.82) is 0 Å². The minimum Gasteiger partial charge on any atom is -0.378 e. The van der Waals surface area contributed by atoms with Gasteiger partial charge in [0.1, 0.15) is 0 Å². The lowest BCUT2D eigenvalue weighted by Gasteiger charge is -2.33. The van der Waals surface area contributed by atoms with E-state index in [1.807, 2.05) is 11.9 Å². The first kappa shape index (κ1) is 6.95. The SMILES string of the molecule is CSN1CCOCC12CC2. The van der Waals surface area contributed by atoms with E-state index in [1.54, 1.807) is 0 Å². The van der Waals surface area contributed by atoms with Crippen LogP contribution >= 0.6 is 11.9 Å². The number of hydrogen-bond donors (Lipinski definition) is 0. The molecular formula is C7H13NOS. The van der Waals surface area contributed by atoms with Gasteiger partial charge in [-0.15, -0.1) is 0 Å². The monoisotopic (exact) mass is 159 g/mol. The summed E-state index contributed by atoms with van der Waals surface area (Å²) in [6, 6.07) is 0. The summed E-state index contributed by atoms with van der Waals surface area (Å²) in [4.78, 5) is 0. The van der Waals surface area contributed by atoms with E-state index in [9.17, 15) is 0 Å². The molecule has 3 heteroatoms. The highest BCUT2D eigenvalue weighted by atomic mass is 32.2. The third kappa shape index (κ3) is 0.966. The van der Waals surface area contributed by atoms with Gasteiger partial charge in [-0.1, -0.05) is 11.9 Å². The van der Waals surface area contributed by atoms with Crippen molar-refractivity contribution in [3.63, 3.8) is 0 Å². The van der Waals surface area contributed by atoms with E-state index in [1.165, 1.54) is 12.8 Å². The molecule has 58 valence electrons. The molecule has 1 saturated heterocycles. The minimum atomic E-state index is 0.470. The van der Waals surface area contributed by atoms with Gasteiger partial charge in [0.15, 0.2) is 0 Å². The van der Waals surface area contributed by atoms with Crippen LogP contribution < -0.4 is 0 Å². The zero-order valence-corrected chi connectivity index (χ0v) is 7.12.